The van der Waals surface area contributed by atoms with Gasteiger partial charge in [-0.25, -0.2) is 0 Å². The molecule has 1 heterocycles. The van der Waals surface area contributed by atoms with E-state index in [9.17, 15) is 4.79 Å². The molecule has 0 aromatic carbocycles. The summed E-state index contributed by atoms with van der Waals surface area (Å²) in [5, 5.41) is 0. The van der Waals surface area contributed by atoms with Crippen molar-refractivity contribution in [2.24, 2.45) is 0 Å². The third kappa shape index (κ3) is 16.0. The van der Waals surface area contributed by atoms with Gasteiger partial charge in [0.15, 0.2) is 0 Å². The van der Waals surface area contributed by atoms with Crippen molar-refractivity contribution in [3.63, 3.8) is 0 Å². The van der Waals surface area contributed by atoms with Gasteiger partial charge in [0, 0.05) is 71.5 Å². The Hall–Kier alpha value is 0.334. The summed E-state index contributed by atoms with van der Waals surface area (Å²) in [4.78, 5) is 16.5. The van der Waals surface area contributed by atoms with Crippen molar-refractivity contribution >= 4 is 5.91 Å². The second-order valence-corrected chi connectivity index (χ2v) is 7.32. The van der Waals surface area contributed by atoms with Crippen molar-refractivity contribution < 1.29 is 61.2 Å². The molecule has 8 nitrogen and oxygen atoms in total. The van der Waals surface area contributed by atoms with Crippen LogP contribution in [0.1, 0.15) is 33.6 Å². The van der Waals surface area contributed by atoms with E-state index < -0.39 is 0 Å². The first kappa shape index (κ1) is 30.3. The van der Waals surface area contributed by atoms with Gasteiger partial charge >= 0.3 is 0 Å². The first-order valence-corrected chi connectivity index (χ1v) is 11.1. The minimum Gasteiger partial charge on any atom is -0.379 e. The van der Waals surface area contributed by atoms with Gasteiger partial charge in [-0.2, -0.15) is 0 Å². The van der Waals surface area contributed by atoms with Crippen molar-refractivity contribution in [1.29, 1.82) is 0 Å². The summed E-state index contributed by atoms with van der Waals surface area (Å²) in [6, 6.07) is 0.546. The van der Waals surface area contributed by atoms with E-state index in [2.05, 4.69) is 25.7 Å². The molecule has 1 fully saturated rings. The maximum absolute atomic E-state index is 12.2. The van der Waals surface area contributed by atoms with Gasteiger partial charge in [0.05, 0.1) is 65.9 Å². The predicted molar refractivity (Wildman–Crippen MR) is 112 cm³/mol. The monoisotopic (exact) mass is 507 g/mol. The quantitative estimate of drug-likeness (QED) is 0.260. The van der Waals surface area contributed by atoms with Gasteiger partial charge in [-0.05, 0) is 20.3 Å². The number of carbonyl (C=O) groups is 1. The minimum absolute atomic E-state index is 0. The molecule has 0 N–H and O–H groups in total. The molecule has 0 spiro atoms. The van der Waals surface area contributed by atoms with Gasteiger partial charge in [0.2, 0.25) is 5.91 Å². The third-order valence-electron chi connectivity index (χ3n) is 4.69. The van der Waals surface area contributed by atoms with Crippen LogP contribution in [0.4, 0.5) is 0 Å². The molecule has 9 heteroatoms. The van der Waals surface area contributed by atoms with E-state index in [1.165, 1.54) is 0 Å². The van der Waals surface area contributed by atoms with Gasteiger partial charge in [0.1, 0.15) is 0 Å². The number of amides is 1. The predicted octanol–water partition coefficient (Wildman–Crippen LogP) is 1.42. The Balaban J connectivity index is 0.00000841. The molecule has 0 bridgehead atoms. The molecule has 1 aliphatic heterocycles. The summed E-state index contributed by atoms with van der Waals surface area (Å²) < 4.78 is 27.1. The van der Waals surface area contributed by atoms with Crippen molar-refractivity contribution in [2.45, 2.75) is 39.7 Å². The first-order chi connectivity index (χ1) is 14.1. The molecular formula is C21H42N2O6Y. The second kappa shape index (κ2) is 21.2. The maximum atomic E-state index is 12.2. The summed E-state index contributed by atoms with van der Waals surface area (Å²) in [5.74, 6) is 0.182. The molecule has 0 unspecified atom stereocenters. The minimum atomic E-state index is 0. The van der Waals surface area contributed by atoms with Crippen molar-refractivity contribution in [3.05, 3.63) is 0 Å². The Morgan fingerprint density at radius 2 is 1.10 bits per heavy atom. The molecule has 30 heavy (non-hydrogen) atoms. The molecule has 0 aromatic rings. The van der Waals surface area contributed by atoms with Crippen LogP contribution in [0.15, 0.2) is 0 Å². The van der Waals surface area contributed by atoms with Gasteiger partial charge < -0.3 is 28.6 Å². The normalized spacial score (nSPS) is 14.9. The zero-order valence-electron chi connectivity index (χ0n) is 19.3. The number of nitrogens with zero attached hydrogens (tertiary/aromatic N) is 2. The van der Waals surface area contributed by atoms with Gasteiger partial charge in [0.25, 0.3) is 0 Å². The number of carbonyl (C=O) groups excluding carboxylic acids is 1. The standard InChI is InChI=1S/C21H42N2O6.Y/c1-4-10-25-12-14-27-16-18-29-19-17-28-15-13-26-11-5-21(24)23-8-6-22(7-9-23)20(2)3;/h20H,4-19H2,1-3H3;. The van der Waals surface area contributed by atoms with Crippen LogP contribution in [-0.2, 0) is 61.2 Å². The maximum Gasteiger partial charge on any atom is 0.224 e. The van der Waals surface area contributed by atoms with Crippen molar-refractivity contribution in [2.75, 3.05) is 92.2 Å². The average molecular weight is 507 g/mol. The van der Waals surface area contributed by atoms with Gasteiger partial charge in [-0.3, -0.25) is 9.69 Å². The van der Waals surface area contributed by atoms with Crippen LogP contribution in [-0.4, -0.2) is 114 Å². The molecule has 1 radical (unpaired) electrons. The third-order valence-corrected chi connectivity index (χ3v) is 4.69. The van der Waals surface area contributed by atoms with E-state index in [1.54, 1.807) is 0 Å². The molecule has 175 valence electrons. The first-order valence-electron chi connectivity index (χ1n) is 11.1. The van der Waals surface area contributed by atoms with E-state index in [0.29, 0.717) is 71.9 Å². The number of hydrogen-bond donors (Lipinski definition) is 0. The van der Waals surface area contributed by atoms with E-state index in [0.717, 1.165) is 39.2 Å². The zero-order valence-corrected chi connectivity index (χ0v) is 22.2. The Morgan fingerprint density at radius 3 is 1.50 bits per heavy atom. The number of piperazine rings is 1. The average Bonchev–Trinajstić information content (AvgIpc) is 2.73. The van der Waals surface area contributed by atoms with Crippen LogP contribution in [0.5, 0.6) is 0 Å². The van der Waals surface area contributed by atoms with E-state index >= 15 is 0 Å². The molecule has 0 atom stereocenters. The molecule has 0 aromatic heterocycles. The second-order valence-electron chi connectivity index (χ2n) is 7.32. The molecule has 1 rings (SSSR count). The Labute approximate surface area is 208 Å². The summed E-state index contributed by atoms with van der Waals surface area (Å²) in [6.07, 6.45) is 1.47. The van der Waals surface area contributed by atoms with E-state index in [4.69, 9.17) is 23.7 Å². The number of hydrogen-bond acceptors (Lipinski definition) is 7. The smallest absolute Gasteiger partial charge is 0.224 e. The summed E-state index contributed by atoms with van der Waals surface area (Å²) in [5.41, 5.74) is 0. The SMILES string of the molecule is CCCOCCOCCOCCOCCOCCC(=O)N1CCN(C(C)C)CC1.[Y]. The molecule has 1 amide bonds. The van der Waals surface area contributed by atoms with E-state index in [-0.39, 0.29) is 38.6 Å². The Kier molecular flexibility index (Phi) is 21.4. The topological polar surface area (TPSA) is 69.7 Å². The van der Waals surface area contributed by atoms with Crippen LogP contribution >= 0.6 is 0 Å². The molecule has 0 saturated carbocycles. The van der Waals surface area contributed by atoms with Crippen molar-refractivity contribution in [3.8, 4) is 0 Å². The number of ether oxygens (including phenoxy) is 5. The molecule has 1 aliphatic rings. The summed E-state index contributed by atoms with van der Waals surface area (Å²) >= 11 is 0. The Morgan fingerprint density at radius 1 is 0.700 bits per heavy atom. The molecule has 0 aliphatic carbocycles. The number of rotatable bonds is 18. The van der Waals surface area contributed by atoms with Crippen LogP contribution < -0.4 is 0 Å². The van der Waals surface area contributed by atoms with Gasteiger partial charge in [-0.15, -0.1) is 0 Å². The summed E-state index contributed by atoms with van der Waals surface area (Å²) in [6.45, 7) is 15.7. The molecule has 1 saturated heterocycles. The zero-order chi connectivity index (χ0) is 21.2. The fraction of sp³-hybridized carbons (Fsp3) is 0.952. The van der Waals surface area contributed by atoms with Crippen molar-refractivity contribution in [1.82, 2.24) is 9.80 Å². The van der Waals surface area contributed by atoms with E-state index in [1.807, 2.05) is 4.90 Å². The largest absolute Gasteiger partial charge is 0.379 e. The fourth-order valence-corrected chi connectivity index (χ4v) is 2.93. The van der Waals surface area contributed by atoms with Gasteiger partial charge in [-0.1, -0.05) is 6.92 Å². The van der Waals surface area contributed by atoms with Crippen LogP contribution in [0.25, 0.3) is 0 Å². The van der Waals surface area contributed by atoms with Crippen LogP contribution in [0.2, 0.25) is 0 Å². The Bertz CT molecular complexity index is 396. The van der Waals surface area contributed by atoms with Crippen LogP contribution in [0, 0.1) is 0 Å². The fourth-order valence-electron chi connectivity index (χ4n) is 2.93. The summed E-state index contributed by atoms with van der Waals surface area (Å²) in [7, 11) is 0. The van der Waals surface area contributed by atoms with Crippen LogP contribution in [0.3, 0.4) is 0 Å². The molecular weight excluding hydrogens is 465 g/mol.